The summed E-state index contributed by atoms with van der Waals surface area (Å²) >= 11 is 0. The van der Waals surface area contributed by atoms with Crippen LogP contribution < -0.4 is 5.32 Å². The molecule has 0 aromatic heterocycles. The van der Waals surface area contributed by atoms with Gasteiger partial charge in [0.2, 0.25) is 5.91 Å². The average Bonchev–Trinajstić information content (AvgIpc) is 2.53. The van der Waals surface area contributed by atoms with E-state index in [4.69, 9.17) is 4.74 Å². The third kappa shape index (κ3) is 3.01. The van der Waals surface area contributed by atoms with Crippen LogP contribution in [0.5, 0.6) is 0 Å². The molecule has 1 aliphatic heterocycles. The van der Waals surface area contributed by atoms with Crippen LogP contribution in [0.2, 0.25) is 0 Å². The van der Waals surface area contributed by atoms with Gasteiger partial charge in [-0.2, -0.15) is 0 Å². The SMILES string of the molecule is O=C1CC(Cc2ccccc2)(C(=O)OCc2ccccc2)N1. The first-order valence-electron chi connectivity index (χ1n) is 7.24. The monoisotopic (exact) mass is 295 g/mol. The highest BCUT2D eigenvalue weighted by molar-refractivity contribution is 5.99. The van der Waals surface area contributed by atoms with Gasteiger partial charge in [0.15, 0.2) is 5.54 Å². The van der Waals surface area contributed by atoms with Crippen molar-refractivity contribution in [3.8, 4) is 0 Å². The molecule has 1 fully saturated rings. The molecular weight excluding hydrogens is 278 g/mol. The van der Waals surface area contributed by atoms with Crippen molar-refractivity contribution in [1.29, 1.82) is 0 Å². The Labute approximate surface area is 129 Å². The topological polar surface area (TPSA) is 55.4 Å². The predicted molar refractivity (Wildman–Crippen MR) is 81.9 cm³/mol. The van der Waals surface area contributed by atoms with E-state index in [-0.39, 0.29) is 24.9 Å². The lowest BCUT2D eigenvalue weighted by molar-refractivity contribution is -0.162. The molecule has 112 valence electrons. The van der Waals surface area contributed by atoms with Gasteiger partial charge in [-0.15, -0.1) is 0 Å². The first kappa shape index (κ1) is 14.3. The number of benzene rings is 2. The predicted octanol–water partition coefficient (Wildman–Crippen LogP) is 2.23. The van der Waals surface area contributed by atoms with E-state index in [0.29, 0.717) is 6.42 Å². The van der Waals surface area contributed by atoms with Crippen molar-refractivity contribution in [2.75, 3.05) is 0 Å². The van der Waals surface area contributed by atoms with Crippen molar-refractivity contribution in [1.82, 2.24) is 5.32 Å². The number of ether oxygens (including phenoxy) is 1. The largest absolute Gasteiger partial charge is 0.459 e. The Balaban J connectivity index is 1.68. The van der Waals surface area contributed by atoms with Crippen molar-refractivity contribution in [3.63, 3.8) is 0 Å². The van der Waals surface area contributed by atoms with Crippen LogP contribution >= 0.6 is 0 Å². The van der Waals surface area contributed by atoms with Gasteiger partial charge in [0, 0.05) is 6.42 Å². The molecule has 1 unspecified atom stereocenters. The smallest absolute Gasteiger partial charge is 0.333 e. The maximum Gasteiger partial charge on any atom is 0.333 e. The molecule has 2 aromatic rings. The number of rotatable bonds is 5. The number of carbonyl (C=O) groups is 2. The molecule has 1 heterocycles. The highest BCUT2D eigenvalue weighted by Crippen LogP contribution is 2.27. The molecule has 0 radical (unpaired) electrons. The number of β-lactam (4-membered cyclic amide) rings is 1. The second-order valence-corrected chi connectivity index (χ2v) is 5.53. The fourth-order valence-electron chi connectivity index (χ4n) is 2.63. The molecule has 4 nitrogen and oxygen atoms in total. The minimum absolute atomic E-state index is 0.118. The summed E-state index contributed by atoms with van der Waals surface area (Å²) in [7, 11) is 0. The van der Waals surface area contributed by atoms with Crippen LogP contribution in [-0.4, -0.2) is 17.4 Å². The lowest BCUT2D eigenvalue weighted by Gasteiger charge is -2.39. The van der Waals surface area contributed by atoms with Gasteiger partial charge in [-0.3, -0.25) is 4.79 Å². The van der Waals surface area contributed by atoms with Gasteiger partial charge in [0.25, 0.3) is 0 Å². The Morgan fingerprint density at radius 2 is 1.55 bits per heavy atom. The molecule has 4 heteroatoms. The fraction of sp³-hybridized carbons (Fsp3) is 0.222. The van der Waals surface area contributed by atoms with Gasteiger partial charge in [-0.05, 0) is 11.1 Å². The molecule has 2 aromatic carbocycles. The summed E-state index contributed by atoms with van der Waals surface area (Å²) in [6.07, 6.45) is 0.628. The summed E-state index contributed by atoms with van der Waals surface area (Å²) in [5.41, 5.74) is 1.00. The van der Waals surface area contributed by atoms with Gasteiger partial charge < -0.3 is 10.1 Å². The number of carbonyl (C=O) groups excluding carboxylic acids is 2. The number of hydrogen-bond donors (Lipinski definition) is 1. The van der Waals surface area contributed by atoms with Crippen LogP contribution in [0.25, 0.3) is 0 Å². The van der Waals surface area contributed by atoms with Gasteiger partial charge in [0.05, 0.1) is 6.42 Å². The molecule has 1 saturated heterocycles. The van der Waals surface area contributed by atoms with E-state index in [9.17, 15) is 9.59 Å². The van der Waals surface area contributed by atoms with Crippen LogP contribution in [0.3, 0.4) is 0 Å². The summed E-state index contributed by atoms with van der Waals surface area (Å²) in [4.78, 5) is 23.8. The maximum atomic E-state index is 12.4. The van der Waals surface area contributed by atoms with Crippen LogP contribution in [0, 0.1) is 0 Å². The van der Waals surface area contributed by atoms with Crippen molar-refractivity contribution in [2.45, 2.75) is 25.0 Å². The highest BCUT2D eigenvalue weighted by atomic mass is 16.5. The zero-order chi connectivity index (χ0) is 15.4. The summed E-state index contributed by atoms with van der Waals surface area (Å²) < 4.78 is 5.40. The van der Waals surface area contributed by atoms with Crippen LogP contribution in [-0.2, 0) is 27.4 Å². The van der Waals surface area contributed by atoms with Crippen LogP contribution in [0.1, 0.15) is 17.5 Å². The zero-order valence-electron chi connectivity index (χ0n) is 12.1. The van der Waals surface area contributed by atoms with Crippen molar-refractivity contribution < 1.29 is 14.3 Å². The summed E-state index contributed by atoms with van der Waals surface area (Å²) in [5, 5.41) is 2.73. The minimum Gasteiger partial charge on any atom is -0.459 e. The van der Waals surface area contributed by atoms with Gasteiger partial charge in [0.1, 0.15) is 6.61 Å². The second kappa shape index (κ2) is 6.02. The highest BCUT2D eigenvalue weighted by Gasteiger charge is 2.50. The van der Waals surface area contributed by atoms with E-state index in [2.05, 4.69) is 5.32 Å². The molecule has 0 saturated carbocycles. The molecule has 0 bridgehead atoms. The van der Waals surface area contributed by atoms with Gasteiger partial charge in [-0.1, -0.05) is 60.7 Å². The zero-order valence-corrected chi connectivity index (χ0v) is 12.1. The molecule has 1 atom stereocenters. The second-order valence-electron chi connectivity index (χ2n) is 5.53. The summed E-state index contributed by atoms with van der Waals surface area (Å²) in [6, 6.07) is 19.1. The molecule has 3 rings (SSSR count). The van der Waals surface area contributed by atoms with Gasteiger partial charge in [-0.25, -0.2) is 4.79 Å². The quantitative estimate of drug-likeness (QED) is 0.680. The van der Waals surface area contributed by atoms with Crippen LogP contribution in [0.15, 0.2) is 60.7 Å². The standard InChI is InChI=1S/C18H17NO3/c20-16-12-18(19-16,11-14-7-3-1-4-8-14)17(21)22-13-15-9-5-2-6-10-15/h1-10H,11-13H2,(H,19,20). The normalized spacial score (nSPS) is 19.9. The first-order valence-corrected chi connectivity index (χ1v) is 7.24. The van der Waals surface area contributed by atoms with Gasteiger partial charge >= 0.3 is 5.97 Å². The first-order chi connectivity index (χ1) is 10.7. The molecule has 1 N–H and O–H groups in total. The number of nitrogens with one attached hydrogen (secondary N) is 1. The van der Waals surface area contributed by atoms with E-state index in [1.807, 2.05) is 60.7 Å². The molecule has 1 aliphatic rings. The van der Waals surface area contributed by atoms with E-state index in [0.717, 1.165) is 11.1 Å². The van der Waals surface area contributed by atoms with E-state index >= 15 is 0 Å². The average molecular weight is 295 g/mol. The number of amides is 1. The fourth-order valence-corrected chi connectivity index (χ4v) is 2.63. The van der Waals surface area contributed by atoms with Crippen molar-refractivity contribution >= 4 is 11.9 Å². The Hall–Kier alpha value is -2.62. The Bertz CT molecular complexity index is 659. The lowest BCUT2D eigenvalue weighted by atomic mass is 9.81. The Morgan fingerprint density at radius 1 is 1.00 bits per heavy atom. The summed E-state index contributed by atoms with van der Waals surface area (Å²) in [5.74, 6) is -0.493. The van der Waals surface area contributed by atoms with Crippen molar-refractivity contribution in [3.05, 3.63) is 71.8 Å². The molecule has 0 spiro atoms. The third-order valence-corrected chi connectivity index (χ3v) is 3.79. The molecule has 1 amide bonds. The van der Waals surface area contributed by atoms with Crippen LogP contribution in [0.4, 0.5) is 0 Å². The number of esters is 1. The minimum atomic E-state index is -0.923. The van der Waals surface area contributed by atoms with E-state index in [1.54, 1.807) is 0 Å². The third-order valence-electron chi connectivity index (χ3n) is 3.79. The van der Waals surface area contributed by atoms with E-state index < -0.39 is 5.54 Å². The Morgan fingerprint density at radius 3 is 2.09 bits per heavy atom. The molecule has 0 aliphatic carbocycles. The number of hydrogen-bond acceptors (Lipinski definition) is 3. The molecular formula is C18H17NO3. The van der Waals surface area contributed by atoms with E-state index in [1.165, 1.54) is 0 Å². The van der Waals surface area contributed by atoms with Crippen molar-refractivity contribution in [2.24, 2.45) is 0 Å². The molecule has 22 heavy (non-hydrogen) atoms. The lowest BCUT2D eigenvalue weighted by Crippen LogP contribution is -2.67. The Kier molecular flexibility index (Phi) is 3.92. The maximum absolute atomic E-state index is 12.4. The summed E-state index contributed by atoms with van der Waals surface area (Å²) in [6.45, 7) is 0.214.